The van der Waals surface area contributed by atoms with Crippen LogP contribution in [0.2, 0.25) is 5.02 Å². The predicted molar refractivity (Wildman–Crippen MR) is 109 cm³/mol. The smallest absolute Gasteiger partial charge is 0.245 e. The highest BCUT2D eigenvalue weighted by molar-refractivity contribution is 7.89. The van der Waals surface area contributed by atoms with Crippen LogP contribution in [0.25, 0.3) is 11.0 Å². The molecule has 4 rings (SSSR count). The maximum Gasteiger partial charge on any atom is 0.245 e. The monoisotopic (exact) mass is 436 g/mol. The SMILES string of the molecule is O=C(Nc1ccc(Cl)cc1)[C@@H]1CCCN(S(=O)(=O)c2cccc3nsnc23)C1. The first-order chi connectivity index (χ1) is 13.4. The topological polar surface area (TPSA) is 92.3 Å². The first kappa shape index (κ1) is 19.3. The third-order valence-corrected chi connectivity index (χ3v) is 7.42. The molecule has 146 valence electrons. The molecule has 0 aliphatic carbocycles. The molecule has 1 aromatic heterocycles. The first-order valence-corrected chi connectivity index (χ1v) is 11.3. The van der Waals surface area contributed by atoms with Gasteiger partial charge in [-0.25, -0.2) is 8.42 Å². The van der Waals surface area contributed by atoms with Crippen molar-refractivity contribution in [2.45, 2.75) is 17.7 Å². The molecule has 7 nitrogen and oxygen atoms in total. The zero-order valence-electron chi connectivity index (χ0n) is 14.7. The Balaban J connectivity index is 1.53. The molecule has 1 N–H and O–H groups in total. The predicted octanol–water partition coefficient (Wildman–Crippen LogP) is 3.38. The van der Waals surface area contributed by atoms with E-state index in [0.29, 0.717) is 41.1 Å². The van der Waals surface area contributed by atoms with Gasteiger partial charge in [-0.1, -0.05) is 17.7 Å². The number of anilines is 1. The van der Waals surface area contributed by atoms with Crippen molar-refractivity contribution in [1.82, 2.24) is 13.1 Å². The minimum absolute atomic E-state index is 0.135. The van der Waals surface area contributed by atoms with E-state index in [2.05, 4.69) is 14.1 Å². The van der Waals surface area contributed by atoms with E-state index in [1.165, 1.54) is 10.4 Å². The van der Waals surface area contributed by atoms with Crippen molar-refractivity contribution >= 4 is 56.0 Å². The maximum atomic E-state index is 13.2. The lowest BCUT2D eigenvalue weighted by Crippen LogP contribution is -2.43. The van der Waals surface area contributed by atoms with Crippen LogP contribution in [-0.2, 0) is 14.8 Å². The second kappa shape index (κ2) is 7.75. The summed E-state index contributed by atoms with van der Waals surface area (Å²) in [4.78, 5) is 12.8. The second-order valence-corrected chi connectivity index (χ2v) is 9.46. The number of amides is 1. The number of piperidine rings is 1. The highest BCUT2D eigenvalue weighted by Crippen LogP contribution is 2.28. The van der Waals surface area contributed by atoms with E-state index in [-0.39, 0.29) is 17.3 Å². The van der Waals surface area contributed by atoms with Gasteiger partial charge in [0.2, 0.25) is 15.9 Å². The van der Waals surface area contributed by atoms with Gasteiger partial charge in [-0.05, 0) is 49.2 Å². The molecule has 2 heterocycles. The molecule has 2 aromatic carbocycles. The molecule has 10 heteroatoms. The van der Waals surface area contributed by atoms with Crippen LogP contribution in [0.15, 0.2) is 47.4 Å². The van der Waals surface area contributed by atoms with Crippen LogP contribution in [0, 0.1) is 5.92 Å². The van der Waals surface area contributed by atoms with E-state index < -0.39 is 15.9 Å². The molecule has 3 aromatic rings. The van der Waals surface area contributed by atoms with Crippen LogP contribution in [0.1, 0.15) is 12.8 Å². The van der Waals surface area contributed by atoms with Gasteiger partial charge in [0.1, 0.15) is 15.9 Å². The summed E-state index contributed by atoms with van der Waals surface area (Å²) in [6.07, 6.45) is 1.25. The van der Waals surface area contributed by atoms with E-state index in [0.717, 1.165) is 11.7 Å². The normalized spacial score (nSPS) is 18.2. The summed E-state index contributed by atoms with van der Waals surface area (Å²) in [6.45, 7) is 0.511. The second-order valence-electron chi connectivity index (χ2n) is 6.59. The number of halogens is 1. The first-order valence-electron chi connectivity index (χ1n) is 8.73. The number of fused-ring (bicyclic) bond motifs is 1. The molecule has 0 spiro atoms. The molecule has 0 bridgehead atoms. The molecule has 0 unspecified atom stereocenters. The Morgan fingerprint density at radius 2 is 1.96 bits per heavy atom. The average Bonchev–Trinajstić information content (AvgIpc) is 3.18. The number of benzene rings is 2. The van der Waals surface area contributed by atoms with Gasteiger partial charge in [0.15, 0.2) is 0 Å². The number of nitrogens with zero attached hydrogens (tertiary/aromatic N) is 3. The van der Waals surface area contributed by atoms with Crippen molar-refractivity contribution in [1.29, 1.82) is 0 Å². The maximum absolute atomic E-state index is 13.2. The highest BCUT2D eigenvalue weighted by atomic mass is 35.5. The molecular weight excluding hydrogens is 420 g/mol. The average molecular weight is 437 g/mol. The van der Waals surface area contributed by atoms with Crippen LogP contribution in [0.4, 0.5) is 5.69 Å². The number of hydrogen-bond acceptors (Lipinski definition) is 6. The van der Waals surface area contributed by atoms with Crippen LogP contribution < -0.4 is 5.32 Å². The van der Waals surface area contributed by atoms with Crippen molar-refractivity contribution in [2.24, 2.45) is 5.92 Å². The van der Waals surface area contributed by atoms with Gasteiger partial charge in [0, 0.05) is 23.8 Å². The van der Waals surface area contributed by atoms with E-state index in [9.17, 15) is 13.2 Å². The van der Waals surface area contributed by atoms with E-state index in [4.69, 9.17) is 11.6 Å². The van der Waals surface area contributed by atoms with Crippen LogP contribution in [0.5, 0.6) is 0 Å². The van der Waals surface area contributed by atoms with Gasteiger partial charge in [-0.3, -0.25) is 4.79 Å². The molecule has 1 aliphatic heterocycles. The lowest BCUT2D eigenvalue weighted by Gasteiger charge is -2.31. The van der Waals surface area contributed by atoms with Gasteiger partial charge < -0.3 is 5.32 Å². The summed E-state index contributed by atoms with van der Waals surface area (Å²) < 4.78 is 36.0. The Labute approximate surface area is 171 Å². The molecular formula is C18H17ClN4O3S2. The minimum atomic E-state index is -3.76. The summed E-state index contributed by atoms with van der Waals surface area (Å²) >= 11 is 6.84. The summed E-state index contributed by atoms with van der Waals surface area (Å²) in [5, 5.41) is 3.42. The third kappa shape index (κ3) is 3.75. The number of hydrogen-bond donors (Lipinski definition) is 1. The molecule has 1 fully saturated rings. The zero-order valence-corrected chi connectivity index (χ0v) is 17.1. The van der Waals surface area contributed by atoms with Gasteiger partial charge in [-0.2, -0.15) is 13.1 Å². The standard InChI is InChI=1S/C18H17ClN4O3S2/c19-13-6-8-14(9-7-13)20-18(24)12-3-2-10-23(11-12)28(25,26)16-5-1-4-15-17(16)22-27-21-15/h1,4-9,12H,2-3,10-11H2,(H,20,24)/t12-/m1/s1. The Morgan fingerprint density at radius 3 is 2.75 bits per heavy atom. The van der Waals surface area contributed by atoms with Gasteiger partial charge in [0.05, 0.1) is 17.6 Å². The lowest BCUT2D eigenvalue weighted by atomic mass is 9.99. The summed E-state index contributed by atoms with van der Waals surface area (Å²) in [5.74, 6) is -0.622. The van der Waals surface area contributed by atoms with Crippen molar-refractivity contribution in [2.75, 3.05) is 18.4 Å². The summed E-state index contributed by atoms with van der Waals surface area (Å²) in [6, 6.07) is 11.7. The molecule has 1 saturated heterocycles. The van der Waals surface area contributed by atoms with E-state index >= 15 is 0 Å². The number of sulfonamides is 1. The van der Waals surface area contributed by atoms with Gasteiger partial charge in [-0.15, -0.1) is 0 Å². The zero-order chi connectivity index (χ0) is 19.7. The Bertz CT molecular complexity index is 1120. The van der Waals surface area contributed by atoms with Crippen molar-refractivity contribution in [3.8, 4) is 0 Å². The van der Waals surface area contributed by atoms with Crippen LogP contribution in [-0.4, -0.2) is 40.5 Å². The van der Waals surface area contributed by atoms with Crippen LogP contribution >= 0.6 is 23.3 Å². The number of rotatable bonds is 4. The Morgan fingerprint density at radius 1 is 1.18 bits per heavy atom. The van der Waals surface area contributed by atoms with Gasteiger partial charge in [0.25, 0.3) is 0 Å². The van der Waals surface area contributed by atoms with Crippen molar-refractivity contribution < 1.29 is 13.2 Å². The van der Waals surface area contributed by atoms with Crippen LogP contribution in [0.3, 0.4) is 0 Å². The van der Waals surface area contributed by atoms with Crippen molar-refractivity contribution in [3.63, 3.8) is 0 Å². The molecule has 0 radical (unpaired) electrons. The molecule has 28 heavy (non-hydrogen) atoms. The molecule has 1 aliphatic rings. The highest BCUT2D eigenvalue weighted by Gasteiger charge is 2.34. The van der Waals surface area contributed by atoms with E-state index in [1.807, 2.05) is 0 Å². The summed E-state index contributed by atoms with van der Waals surface area (Å²) in [5.41, 5.74) is 1.56. The molecule has 1 atom stereocenters. The number of carbonyl (C=O) groups excluding carboxylic acids is 1. The Kier molecular flexibility index (Phi) is 5.33. The fraction of sp³-hybridized carbons (Fsp3) is 0.278. The van der Waals surface area contributed by atoms with Crippen molar-refractivity contribution in [3.05, 3.63) is 47.5 Å². The van der Waals surface area contributed by atoms with E-state index in [1.54, 1.807) is 36.4 Å². The third-order valence-electron chi connectivity index (χ3n) is 4.73. The fourth-order valence-electron chi connectivity index (χ4n) is 3.28. The summed E-state index contributed by atoms with van der Waals surface area (Å²) in [7, 11) is -3.76. The number of aromatic nitrogens is 2. The lowest BCUT2D eigenvalue weighted by molar-refractivity contribution is -0.120. The quantitative estimate of drug-likeness (QED) is 0.676. The number of nitrogens with one attached hydrogen (secondary N) is 1. The molecule has 0 saturated carbocycles. The minimum Gasteiger partial charge on any atom is -0.326 e. The fourth-order valence-corrected chi connectivity index (χ4v) is 5.68. The largest absolute Gasteiger partial charge is 0.326 e. The van der Waals surface area contributed by atoms with Gasteiger partial charge >= 0.3 is 0 Å². The Hall–Kier alpha value is -2.07. The number of carbonyl (C=O) groups is 1. The molecule has 1 amide bonds.